The molecule has 1 N–H and O–H groups in total. The molecular formula is C11H13Cl2NO. The molecular weight excluding hydrogens is 233 g/mol. The minimum Gasteiger partial charge on any atom is -0.484 e. The largest absolute Gasteiger partial charge is 0.484 e. The molecule has 0 atom stereocenters. The first kappa shape index (κ1) is 11.1. The monoisotopic (exact) mass is 245 g/mol. The molecule has 1 fully saturated rings. The summed E-state index contributed by atoms with van der Waals surface area (Å²) in [6, 6.07) is 5.89. The summed E-state index contributed by atoms with van der Waals surface area (Å²) in [5.41, 5.74) is 1.33. The molecule has 3 rings (SSSR count). The Labute approximate surface area is 100 Å². The van der Waals surface area contributed by atoms with Crippen molar-refractivity contribution in [3.05, 3.63) is 28.8 Å². The summed E-state index contributed by atoms with van der Waals surface area (Å²) in [6.45, 7) is 1.96. The third-order valence-electron chi connectivity index (χ3n) is 3.09. The third kappa shape index (κ3) is 1.82. The van der Waals surface area contributed by atoms with E-state index in [0.717, 1.165) is 36.7 Å². The van der Waals surface area contributed by atoms with Gasteiger partial charge in [0.2, 0.25) is 0 Å². The highest BCUT2D eigenvalue weighted by Crippen LogP contribution is 2.36. The molecule has 1 aromatic carbocycles. The predicted octanol–water partition coefficient (Wildman–Crippen LogP) is 2.43. The van der Waals surface area contributed by atoms with Crippen LogP contribution in [0.1, 0.15) is 12.0 Å². The molecule has 0 bridgehead atoms. The van der Waals surface area contributed by atoms with Crippen molar-refractivity contribution < 1.29 is 4.74 Å². The Morgan fingerprint density at radius 1 is 1.33 bits per heavy atom. The fraction of sp³-hybridized carbons (Fsp3) is 0.455. The van der Waals surface area contributed by atoms with Gasteiger partial charge in [-0.15, -0.1) is 12.4 Å². The zero-order chi connectivity index (χ0) is 9.60. The Kier molecular flexibility index (Phi) is 2.84. The van der Waals surface area contributed by atoms with E-state index in [1.807, 2.05) is 18.2 Å². The number of fused-ring (bicyclic) bond motifs is 1. The lowest BCUT2D eigenvalue weighted by Crippen LogP contribution is -2.64. The molecule has 1 spiro atoms. The van der Waals surface area contributed by atoms with Crippen molar-refractivity contribution in [3.8, 4) is 5.75 Å². The number of rotatable bonds is 0. The number of benzene rings is 1. The van der Waals surface area contributed by atoms with Crippen molar-refractivity contribution in [2.24, 2.45) is 0 Å². The molecule has 0 amide bonds. The van der Waals surface area contributed by atoms with Crippen LogP contribution in [0.25, 0.3) is 0 Å². The molecule has 0 aromatic heterocycles. The van der Waals surface area contributed by atoms with Crippen molar-refractivity contribution in [1.82, 2.24) is 5.32 Å². The molecule has 2 nitrogen and oxygen atoms in total. The first-order chi connectivity index (χ1) is 6.77. The average molecular weight is 246 g/mol. The normalized spacial score (nSPS) is 20.9. The van der Waals surface area contributed by atoms with E-state index in [-0.39, 0.29) is 18.0 Å². The minimum absolute atomic E-state index is 0. The van der Waals surface area contributed by atoms with Gasteiger partial charge >= 0.3 is 0 Å². The van der Waals surface area contributed by atoms with Gasteiger partial charge in [0.15, 0.2) is 0 Å². The first-order valence-corrected chi connectivity index (χ1v) is 5.33. The molecule has 2 aliphatic heterocycles. The van der Waals surface area contributed by atoms with Crippen molar-refractivity contribution in [3.63, 3.8) is 0 Å². The Morgan fingerprint density at radius 2 is 2.13 bits per heavy atom. The van der Waals surface area contributed by atoms with Crippen molar-refractivity contribution >= 4 is 24.0 Å². The van der Waals surface area contributed by atoms with Crippen LogP contribution < -0.4 is 10.1 Å². The van der Waals surface area contributed by atoms with Crippen LogP contribution in [0.15, 0.2) is 18.2 Å². The van der Waals surface area contributed by atoms with Crippen LogP contribution in [0, 0.1) is 0 Å². The summed E-state index contributed by atoms with van der Waals surface area (Å²) in [7, 11) is 0. The zero-order valence-electron chi connectivity index (χ0n) is 8.25. The quantitative estimate of drug-likeness (QED) is 0.759. The second-order valence-electron chi connectivity index (χ2n) is 4.14. The Balaban J connectivity index is 0.000000853. The number of nitrogens with one attached hydrogen (secondary N) is 1. The van der Waals surface area contributed by atoms with Crippen LogP contribution in [-0.4, -0.2) is 18.7 Å². The molecule has 2 aliphatic rings. The van der Waals surface area contributed by atoms with Gasteiger partial charge in [-0.1, -0.05) is 11.6 Å². The summed E-state index contributed by atoms with van der Waals surface area (Å²) < 4.78 is 5.99. The van der Waals surface area contributed by atoms with Crippen LogP contribution in [0.2, 0.25) is 5.02 Å². The fourth-order valence-corrected chi connectivity index (χ4v) is 2.34. The molecule has 0 radical (unpaired) electrons. The van der Waals surface area contributed by atoms with Gasteiger partial charge in [-0.05, 0) is 36.6 Å². The molecule has 15 heavy (non-hydrogen) atoms. The fourth-order valence-electron chi connectivity index (χ4n) is 2.14. The van der Waals surface area contributed by atoms with Crippen LogP contribution >= 0.6 is 24.0 Å². The lowest BCUT2D eigenvalue weighted by molar-refractivity contribution is -0.00231. The summed E-state index contributed by atoms with van der Waals surface area (Å²) in [6.07, 6.45) is 2.19. The highest BCUT2D eigenvalue weighted by atomic mass is 35.5. The lowest BCUT2D eigenvalue weighted by atomic mass is 9.86. The molecule has 1 saturated heterocycles. The number of aryl methyl sites for hydroxylation is 1. The predicted molar refractivity (Wildman–Crippen MR) is 63.2 cm³/mol. The Bertz CT molecular complexity index is 377. The van der Waals surface area contributed by atoms with Gasteiger partial charge in [-0.2, -0.15) is 0 Å². The number of hydrogen-bond acceptors (Lipinski definition) is 2. The van der Waals surface area contributed by atoms with Gasteiger partial charge in [0.05, 0.1) is 0 Å². The molecule has 2 heterocycles. The second-order valence-corrected chi connectivity index (χ2v) is 4.58. The van der Waals surface area contributed by atoms with E-state index in [0.29, 0.717) is 0 Å². The second kappa shape index (κ2) is 3.85. The smallest absolute Gasteiger partial charge is 0.134 e. The third-order valence-corrected chi connectivity index (χ3v) is 3.33. The van der Waals surface area contributed by atoms with E-state index in [2.05, 4.69) is 5.32 Å². The van der Waals surface area contributed by atoms with Crippen molar-refractivity contribution in [2.45, 2.75) is 18.4 Å². The maximum Gasteiger partial charge on any atom is 0.134 e. The number of hydrogen-bond donors (Lipinski definition) is 1. The Morgan fingerprint density at radius 3 is 2.80 bits per heavy atom. The summed E-state index contributed by atoms with van der Waals surface area (Å²) in [4.78, 5) is 0. The van der Waals surface area contributed by atoms with E-state index >= 15 is 0 Å². The molecule has 0 aliphatic carbocycles. The minimum atomic E-state index is 0. The van der Waals surface area contributed by atoms with Gasteiger partial charge in [0, 0.05) is 18.1 Å². The van der Waals surface area contributed by atoms with E-state index in [4.69, 9.17) is 16.3 Å². The molecule has 0 unspecified atom stereocenters. The van der Waals surface area contributed by atoms with Crippen LogP contribution in [0.5, 0.6) is 5.75 Å². The molecule has 1 aromatic rings. The average Bonchev–Trinajstić information content (AvgIpc) is 2.15. The summed E-state index contributed by atoms with van der Waals surface area (Å²) in [5, 5.41) is 4.06. The molecule has 0 saturated carbocycles. The van der Waals surface area contributed by atoms with Gasteiger partial charge in [-0.3, -0.25) is 0 Å². The Hall–Kier alpha value is -0.440. The van der Waals surface area contributed by atoms with E-state index in [1.54, 1.807) is 0 Å². The molecule has 82 valence electrons. The van der Waals surface area contributed by atoms with Crippen LogP contribution in [0.3, 0.4) is 0 Å². The van der Waals surface area contributed by atoms with E-state index < -0.39 is 0 Å². The highest BCUT2D eigenvalue weighted by Gasteiger charge is 2.41. The summed E-state index contributed by atoms with van der Waals surface area (Å²) in [5.74, 6) is 1.02. The van der Waals surface area contributed by atoms with Crippen molar-refractivity contribution in [2.75, 3.05) is 13.1 Å². The number of ether oxygens (including phenoxy) is 1. The first-order valence-electron chi connectivity index (χ1n) is 4.96. The van der Waals surface area contributed by atoms with Gasteiger partial charge in [-0.25, -0.2) is 0 Å². The lowest BCUT2D eigenvalue weighted by Gasteiger charge is -2.45. The van der Waals surface area contributed by atoms with Crippen LogP contribution in [0.4, 0.5) is 0 Å². The maximum absolute atomic E-state index is 5.99. The zero-order valence-corrected chi connectivity index (χ0v) is 9.83. The van der Waals surface area contributed by atoms with Gasteiger partial charge in [0.1, 0.15) is 11.4 Å². The number of halogens is 2. The highest BCUT2D eigenvalue weighted by molar-refractivity contribution is 6.30. The van der Waals surface area contributed by atoms with E-state index in [1.165, 1.54) is 5.56 Å². The molecule has 4 heteroatoms. The van der Waals surface area contributed by atoms with Gasteiger partial charge in [0.25, 0.3) is 0 Å². The summed E-state index contributed by atoms with van der Waals surface area (Å²) >= 11 is 5.93. The maximum atomic E-state index is 5.99. The van der Waals surface area contributed by atoms with Crippen LogP contribution in [-0.2, 0) is 6.42 Å². The SMILES string of the molecule is Cl.Clc1ccc2c(c1)CCC1(CNC1)O2. The standard InChI is InChI=1S/C11H12ClNO.ClH/c12-9-1-2-10-8(5-9)3-4-11(14-10)6-13-7-11;/h1-2,5,13H,3-4,6-7H2;1H. The van der Waals surface area contributed by atoms with Gasteiger partial charge < -0.3 is 10.1 Å². The van der Waals surface area contributed by atoms with E-state index in [9.17, 15) is 0 Å². The topological polar surface area (TPSA) is 21.3 Å². The van der Waals surface area contributed by atoms with Crippen molar-refractivity contribution in [1.29, 1.82) is 0 Å².